The van der Waals surface area contributed by atoms with Crippen molar-refractivity contribution in [2.75, 3.05) is 6.54 Å². The van der Waals surface area contributed by atoms with E-state index in [9.17, 15) is 18.0 Å². The van der Waals surface area contributed by atoms with Gasteiger partial charge in [0, 0.05) is 18.1 Å². The van der Waals surface area contributed by atoms with Gasteiger partial charge < -0.3 is 21.1 Å². The van der Waals surface area contributed by atoms with Crippen LogP contribution in [-0.4, -0.2) is 32.5 Å². The molecular formula is C18H18F3N5O2S. The number of hydrogen-bond donors (Lipinski definition) is 4. The summed E-state index contributed by atoms with van der Waals surface area (Å²) in [5.74, 6) is -0.435. The number of aliphatic hydroxyl groups excluding tert-OH is 1. The highest BCUT2D eigenvalue weighted by Gasteiger charge is 2.30. The van der Waals surface area contributed by atoms with E-state index >= 15 is 0 Å². The predicted molar refractivity (Wildman–Crippen MR) is 101 cm³/mol. The van der Waals surface area contributed by atoms with Crippen LogP contribution in [0.2, 0.25) is 0 Å². The molecule has 3 aromatic heterocycles. The lowest BCUT2D eigenvalue weighted by molar-refractivity contribution is -0.137. The van der Waals surface area contributed by atoms with E-state index in [1.807, 2.05) is 0 Å². The number of aromatic amines is 1. The number of pyridine rings is 1. The molecule has 7 nitrogen and oxygen atoms in total. The Morgan fingerprint density at radius 3 is 2.72 bits per heavy atom. The molecule has 0 spiro atoms. The van der Waals surface area contributed by atoms with E-state index in [-0.39, 0.29) is 24.5 Å². The van der Waals surface area contributed by atoms with Crippen LogP contribution in [0, 0.1) is 6.92 Å². The molecule has 154 valence electrons. The van der Waals surface area contributed by atoms with Gasteiger partial charge in [0.2, 0.25) is 0 Å². The molecule has 3 aromatic rings. The zero-order valence-electron chi connectivity index (χ0n) is 15.2. The average molecular weight is 425 g/mol. The van der Waals surface area contributed by atoms with Crippen LogP contribution in [0.3, 0.4) is 0 Å². The normalized spacial score (nSPS) is 12.8. The number of alkyl halides is 3. The SMILES string of the molecule is Cc1cc(-c2ccc(C(F)(F)F)cn2)[nH]c1C(=O)N[C@H](CN)c1csc(CO)n1. The molecule has 0 radical (unpaired) electrons. The summed E-state index contributed by atoms with van der Waals surface area (Å²) in [7, 11) is 0. The van der Waals surface area contributed by atoms with Gasteiger partial charge in [0.15, 0.2) is 0 Å². The van der Waals surface area contributed by atoms with Crippen molar-refractivity contribution in [3.8, 4) is 11.4 Å². The van der Waals surface area contributed by atoms with Gasteiger partial charge in [-0.2, -0.15) is 13.2 Å². The zero-order valence-corrected chi connectivity index (χ0v) is 16.1. The standard InChI is InChI=1S/C18H18F3N5O2S/c1-9-4-12(11-3-2-10(6-23-11)18(19,20)21)25-16(9)17(28)26-13(5-22)14-8-29-15(7-27)24-14/h2-4,6,8,13,25,27H,5,7,22H2,1H3,(H,26,28)/t13-/m1/s1. The Morgan fingerprint density at radius 1 is 1.41 bits per heavy atom. The maximum absolute atomic E-state index is 12.7. The van der Waals surface area contributed by atoms with Crippen LogP contribution in [0.25, 0.3) is 11.4 Å². The molecule has 1 amide bonds. The summed E-state index contributed by atoms with van der Waals surface area (Å²) in [5.41, 5.74) is 6.99. The molecule has 0 bridgehead atoms. The van der Waals surface area contributed by atoms with Gasteiger partial charge in [-0.25, -0.2) is 4.98 Å². The number of amides is 1. The van der Waals surface area contributed by atoms with Crippen molar-refractivity contribution in [2.24, 2.45) is 5.73 Å². The lowest BCUT2D eigenvalue weighted by atomic mass is 10.2. The van der Waals surface area contributed by atoms with Gasteiger partial charge in [-0.3, -0.25) is 9.78 Å². The Kier molecular flexibility index (Phi) is 6.01. The van der Waals surface area contributed by atoms with Crippen molar-refractivity contribution < 1.29 is 23.1 Å². The number of thiazole rings is 1. The maximum atomic E-state index is 12.7. The molecule has 11 heteroatoms. The second kappa shape index (κ2) is 8.31. The highest BCUT2D eigenvalue weighted by Crippen LogP contribution is 2.30. The first-order valence-electron chi connectivity index (χ1n) is 8.52. The number of carbonyl (C=O) groups excluding carboxylic acids is 1. The Hall–Kier alpha value is -2.76. The van der Waals surface area contributed by atoms with Gasteiger partial charge in [-0.15, -0.1) is 11.3 Å². The third kappa shape index (κ3) is 4.63. The number of aryl methyl sites for hydroxylation is 1. The Morgan fingerprint density at radius 2 is 2.17 bits per heavy atom. The van der Waals surface area contributed by atoms with E-state index in [0.717, 1.165) is 12.3 Å². The van der Waals surface area contributed by atoms with Crippen molar-refractivity contribution in [3.63, 3.8) is 0 Å². The number of aliphatic hydroxyl groups is 1. The molecule has 3 rings (SSSR count). The first-order chi connectivity index (χ1) is 13.7. The molecule has 1 atom stereocenters. The fourth-order valence-corrected chi connectivity index (χ4v) is 3.40. The molecule has 0 saturated heterocycles. The number of nitrogens with zero attached hydrogens (tertiary/aromatic N) is 2. The summed E-state index contributed by atoms with van der Waals surface area (Å²) in [6.45, 7) is 1.60. The number of hydrogen-bond acceptors (Lipinski definition) is 6. The fourth-order valence-electron chi connectivity index (χ4n) is 2.69. The lowest BCUT2D eigenvalue weighted by Crippen LogP contribution is -2.34. The van der Waals surface area contributed by atoms with E-state index in [0.29, 0.717) is 22.0 Å². The summed E-state index contributed by atoms with van der Waals surface area (Å²) in [4.78, 5) is 23.6. The van der Waals surface area contributed by atoms with E-state index < -0.39 is 23.7 Å². The highest BCUT2D eigenvalue weighted by molar-refractivity contribution is 7.09. The number of nitrogens with one attached hydrogen (secondary N) is 2. The number of carbonyl (C=O) groups is 1. The minimum absolute atomic E-state index is 0.105. The lowest BCUT2D eigenvalue weighted by Gasteiger charge is -2.14. The van der Waals surface area contributed by atoms with Crippen LogP contribution < -0.4 is 11.1 Å². The molecule has 0 unspecified atom stereocenters. The molecule has 5 N–H and O–H groups in total. The summed E-state index contributed by atoms with van der Waals surface area (Å²) in [5, 5.41) is 14.1. The predicted octanol–water partition coefficient (Wildman–Crippen LogP) is 2.78. The van der Waals surface area contributed by atoms with Gasteiger partial charge in [0.25, 0.3) is 5.91 Å². The van der Waals surface area contributed by atoms with Gasteiger partial charge in [-0.05, 0) is 30.7 Å². The van der Waals surface area contributed by atoms with Gasteiger partial charge in [0.1, 0.15) is 10.7 Å². The smallest absolute Gasteiger partial charge is 0.389 e. The molecule has 3 heterocycles. The number of H-pyrrole nitrogens is 1. The third-order valence-corrected chi connectivity index (χ3v) is 5.06. The quantitative estimate of drug-likeness (QED) is 0.485. The number of halogens is 3. The van der Waals surface area contributed by atoms with E-state index in [4.69, 9.17) is 10.8 Å². The summed E-state index contributed by atoms with van der Waals surface area (Å²) in [6.07, 6.45) is -3.72. The van der Waals surface area contributed by atoms with E-state index in [1.165, 1.54) is 17.4 Å². The third-order valence-electron chi connectivity index (χ3n) is 4.21. The number of rotatable bonds is 6. The zero-order chi connectivity index (χ0) is 21.2. The molecule has 29 heavy (non-hydrogen) atoms. The Balaban J connectivity index is 1.79. The second-order valence-electron chi connectivity index (χ2n) is 6.26. The second-order valence-corrected chi connectivity index (χ2v) is 7.20. The largest absolute Gasteiger partial charge is 0.417 e. The molecule has 0 saturated carbocycles. The van der Waals surface area contributed by atoms with Gasteiger partial charge >= 0.3 is 6.18 Å². The summed E-state index contributed by atoms with van der Waals surface area (Å²) in [6, 6.07) is 3.26. The van der Waals surface area contributed by atoms with Crippen molar-refractivity contribution >= 4 is 17.2 Å². The van der Waals surface area contributed by atoms with Crippen LogP contribution in [0.4, 0.5) is 13.2 Å². The molecular weight excluding hydrogens is 407 g/mol. The molecule has 0 aliphatic rings. The topological polar surface area (TPSA) is 117 Å². The summed E-state index contributed by atoms with van der Waals surface area (Å²) < 4.78 is 38.1. The molecule has 0 aliphatic carbocycles. The van der Waals surface area contributed by atoms with Crippen molar-refractivity contribution in [3.05, 3.63) is 57.3 Å². The fraction of sp³-hybridized carbons (Fsp3) is 0.278. The molecule has 0 aromatic carbocycles. The minimum Gasteiger partial charge on any atom is -0.389 e. The Bertz CT molecular complexity index is 998. The van der Waals surface area contributed by atoms with Crippen LogP contribution in [0.1, 0.15) is 38.4 Å². The van der Waals surface area contributed by atoms with Crippen LogP contribution in [0.15, 0.2) is 29.8 Å². The van der Waals surface area contributed by atoms with Crippen molar-refractivity contribution in [2.45, 2.75) is 25.7 Å². The van der Waals surface area contributed by atoms with Crippen molar-refractivity contribution in [1.82, 2.24) is 20.3 Å². The maximum Gasteiger partial charge on any atom is 0.417 e. The van der Waals surface area contributed by atoms with Crippen molar-refractivity contribution in [1.29, 1.82) is 0 Å². The highest BCUT2D eigenvalue weighted by atomic mass is 32.1. The first kappa shape index (κ1) is 21.0. The van der Waals surface area contributed by atoms with Crippen LogP contribution >= 0.6 is 11.3 Å². The average Bonchev–Trinajstić information content (AvgIpc) is 3.32. The summed E-state index contributed by atoms with van der Waals surface area (Å²) >= 11 is 1.26. The minimum atomic E-state index is -4.47. The number of aromatic nitrogens is 3. The molecule has 0 fully saturated rings. The van der Waals surface area contributed by atoms with Gasteiger partial charge in [0.05, 0.1) is 35.3 Å². The first-order valence-corrected chi connectivity index (χ1v) is 9.40. The van der Waals surface area contributed by atoms with E-state index in [2.05, 4.69) is 20.3 Å². The monoisotopic (exact) mass is 425 g/mol. The Labute approximate surface area is 167 Å². The van der Waals surface area contributed by atoms with Gasteiger partial charge in [-0.1, -0.05) is 0 Å². The van der Waals surface area contributed by atoms with Crippen LogP contribution in [-0.2, 0) is 12.8 Å². The van der Waals surface area contributed by atoms with E-state index in [1.54, 1.807) is 18.4 Å². The number of nitrogens with two attached hydrogens (primary N) is 1. The molecule has 0 aliphatic heterocycles. The van der Waals surface area contributed by atoms with Crippen LogP contribution in [0.5, 0.6) is 0 Å².